The molecule has 0 saturated carbocycles. The van der Waals surface area contributed by atoms with Gasteiger partial charge in [-0.25, -0.2) is 4.79 Å². The Hall–Kier alpha value is -3.88. The molecule has 3 heterocycles. The molecule has 5 rings (SSSR count). The molecule has 9 heteroatoms. The third-order valence-corrected chi connectivity index (χ3v) is 5.39. The molecule has 158 valence electrons. The number of aromatic nitrogens is 4. The molecule has 9 nitrogen and oxygen atoms in total. The van der Waals surface area contributed by atoms with Gasteiger partial charge in [0.2, 0.25) is 6.79 Å². The predicted molar refractivity (Wildman–Crippen MR) is 114 cm³/mol. The molecule has 0 bridgehead atoms. The third kappa shape index (κ3) is 3.37. The number of pyridine rings is 1. The predicted octanol–water partition coefficient (Wildman–Crippen LogP) is 3.00. The molecule has 0 fully saturated rings. The lowest BCUT2D eigenvalue weighted by atomic mass is 10.1. The first kappa shape index (κ1) is 19.1. The maximum Gasteiger partial charge on any atom is 0.320 e. The van der Waals surface area contributed by atoms with Gasteiger partial charge in [-0.2, -0.15) is 4.52 Å². The van der Waals surface area contributed by atoms with Crippen LogP contribution in [0.5, 0.6) is 11.5 Å². The lowest BCUT2D eigenvalue weighted by molar-refractivity contribution is 0.165. The highest BCUT2D eigenvalue weighted by molar-refractivity contribution is 5.86. The molecule has 0 unspecified atom stereocenters. The van der Waals surface area contributed by atoms with E-state index in [2.05, 4.69) is 21.6 Å². The van der Waals surface area contributed by atoms with E-state index in [1.54, 1.807) is 28.4 Å². The molecule has 0 aliphatic carbocycles. The summed E-state index contributed by atoms with van der Waals surface area (Å²) in [6, 6.07) is 13.8. The fourth-order valence-electron chi connectivity index (χ4n) is 3.93. The number of urea groups is 1. The standard InChI is InChI=1S/C22H22N6O3/c1-14-5-4-6-16-10-17(21-23-24-25-28(21)20(14)16)12-27(22(29)26(2)3)11-15-7-8-18-19(9-15)31-13-30-18/h4-10H,11-13H2,1-3H3. The Morgan fingerprint density at radius 1 is 1.10 bits per heavy atom. The quantitative estimate of drug-likeness (QED) is 0.507. The van der Waals surface area contributed by atoms with Gasteiger partial charge in [0.15, 0.2) is 17.1 Å². The lowest BCUT2D eigenvalue weighted by Crippen LogP contribution is -2.38. The first-order valence-corrected chi connectivity index (χ1v) is 9.95. The van der Waals surface area contributed by atoms with E-state index in [0.29, 0.717) is 24.5 Å². The summed E-state index contributed by atoms with van der Waals surface area (Å²) < 4.78 is 12.6. The van der Waals surface area contributed by atoms with Crippen LogP contribution in [0.4, 0.5) is 4.79 Å². The second kappa shape index (κ2) is 7.42. The minimum absolute atomic E-state index is 0.104. The molecule has 31 heavy (non-hydrogen) atoms. The van der Waals surface area contributed by atoms with Crippen LogP contribution in [0.2, 0.25) is 0 Å². The van der Waals surface area contributed by atoms with Crippen molar-refractivity contribution < 1.29 is 14.3 Å². The number of aryl methyl sites for hydroxylation is 1. The Morgan fingerprint density at radius 2 is 1.94 bits per heavy atom. The van der Waals surface area contributed by atoms with Gasteiger partial charge in [-0.15, -0.1) is 5.10 Å². The van der Waals surface area contributed by atoms with Crippen molar-refractivity contribution in [3.63, 3.8) is 0 Å². The molecule has 0 atom stereocenters. The fraction of sp³-hybridized carbons (Fsp3) is 0.273. The molecule has 2 aromatic heterocycles. The summed E-state index contributed by atoms with van der Waals surface area (Å²) in [5.41, 5.74) is 4.52. The average Bonchev–Trinajstić information content (AvgIpc) is 3.42. The highest BCUT2D eigenvalue weighted by atomic mass is 16.7. The zero-order valence-corrected chi connectivity index (χ0v) is 17.6. The van der Waals surface area contributed by atoms with Crippen LogP contribution in [-0.2, 0) is 13.1 Å². The zero-order valence-electron chi connectivity index (χ0n) is 17.6. The van der Waals surface area contributed by atoms with Crippen molar-refractivity contribution in [3.05, 3.63) is 59.2 Å². The number of nitrogens with zero attached hydrogens (tertiary/aromatic N) is 6. The molecule has 0 radical (unpaired) electrons. The second-order valence-corrected chi connectivity index (χ2v) is 7.82. The Balaban J connectivity index is 1.54. The summed E-state index contributed by atoms with van der Waals surface area (Å²) in [5.74, 6) is 1.41. The fourth-order valence-corrected chi connectivity index (χ4v) is 3.93. The summed E-state index contributed by atoms with van der Waals surface area (Å²) in [6.07, 6.45) is 0. The monoisotopic (exact) mass is 418 g/mol. The van der Waals surface area contributed by atoms with Crippen molar-refractivity contribution in [1.29, 1.82) is 0 Å². The number of amides is 2. The highest BCUT2D eigenvalue weighted by Crippen LogP contribution is 2.33. The van der Waals surface area contributed by atoms with Gasteiger partial charge in [0.1, 0.15) is 0 Å². The number of fused-ring (bicyclic) bond motifs is 4. The van der Waals surface area contributed by atoms with E-state index in [1.807, 2.05) is 43.3 Å². The molecular formula is C22H22N6O3. The number of carbonyl (C=O) groups is 1. The molecule has 2 aromatic carbocycles. The lowest BCUT2D eigenvalue weighted by Gasteiger charge is -2.26. The van der Waals surface area contributed by atoms with Crippen molar-refractivity contribution in [1.82, 2.24) is 29.8 Å². The first-order chi connectivity index (χ1) is 15.0. The summed E-state index contributed by atoms with van der Waals surface area (Å²) >= 11 is 0. The Labute approximate surface area is 178 Å². The van der Waals surface area contributed by atoms with Crippen molar-refractivity contribution in [2.24, 2.45) is 0 Å². The molecule has 0 saturated heterocycles. The minimum Gasteiger partial charge on any atom is -0.454 e. The van der Waals surface area contributed by atoms with Crippen LogP contribution >= 0.6 is 0 Å². The van der Waals surface area contributed by atoms with Crippen LogP contribution in [-0.4, -0.2) is 56.8 Å². The van der Waals surface area contributed by atoms with Gasteiger partial charge in [-0.1, -0.05) is 24.3 Å². The number of benzene rings is 2. The topological polar surface area (TPSA) is 85.1 Å². The van der Waals surface area contributed by atoms with Crippen LogP contribution in [0.3, 0.4) is 0 Å². The van der Waals surface area contributed by atoms with Crippen molar-refractivity contribution in [2.45, 2.75) is 20.0 Å². The van der Waals surface area contributed by atoms with Crippen LogP contribution in [0.1, 0.15) is 16.7 Å². The molecule has 0 spiro atoms. The smallest absolute Gasteiger partial charge is 0.320 e. The molecular weight excluding hydrogens is 396 g/mol. The van der Waals surface area contributed by atoms with Gasteiger partial charge < -0.3 is 19.3 Å². The van der Waals surface area contributed by atoms with E-state index >= 15 is 0 Å². The summed E-state index contributed by atoms with van der Waals surface area (Å²) in [7, 11) is 3.49. The minimum atomic E-state index is -0.104. The van der Waals surface area contributed by atoms with Gasteiger partial charge in [-0.05, 0) is 46.7 Å². The van der Waals surface area contributed by atoms with E-state index in [4.69, 9.17) is 9.47 Å². The first-order valence-electron chi connectivity index (χ1n) is 9.95. The van der Waals surface area contributed by atoms with Crippen LogP contribution in [0.15, 0.2) is 42.5 Å². The largest absolute Gasteiger partial charge is 0.454 e. The Morgan fingerprint density at radius 3 is 2.77 bits per heavy atom. The second-order valence-electron chi connectivity index (χ2n) is 7.82. The highest BCUT2D eigenvalue weighted by Gasteiger charge is 2.21. The van der Waals surface area contributed by atoms with E-state index in [9.17, 15) is 4.79 Å². The van der Waals surface area contributed by atoms with Crippen LogP contribution in [0, 0.1) is 6.92 Å². The Kier molecular flexibility index (Phi) is 4.58. The van der Waals surface area contributed by atoms with Gasteiger partial charge >= 0.3 is 6.03 Å². The van der Waals surface area contributed by atoms with Crippen molar-refractivity contribution in [3.8, 4) is 11.5 Å². The molecule has 1 aliphatic rings. The molecule has 1 aliphatic heterocycles. The van der Waals surface area contributed by atoms with E-state index in [0.717, 1.165) is 33.3 Å². The summed E-state index contributed by atoms with van der Waals surface area (Å²) in [5, 5.41) is 13.3. The molecule has 2 amide bonds. The average molecular weight is 418 g/mol. The number of rotatable bonds is 4. The van der Waals surface area contributed by atoms with Crippen molar-refractivity contribution in [2.75, 3.05) is 20.9 Å². The number of tetrazole rings is 1. The summed E-state index contributed by atoms with van der Waals surface area (Å²) in [6.45, 7) is 3.02. The number of hydrogen-bond acceptors (Lipinski definition) is 6. The Bertz CT molecular complexity index is 1300. The number of hydrogen-bond donors (Lipinski definition) is 0. The SMILES string of the molecule is Cc1cccc2cc(CN(Cc3ccc4c(c3)OCO4)C(=O)N(C)C)c3nnnn3c12. The molecule has 0 N–H and O–H groups in total. The third-order valence-electron chi connectivity index (χ3n) is 5.39. The van der Waals surface area contributed by atoms with E-state index in [-0.39, 0.29) is 12.8 Å². The molecule has 4 aromatic rings. The van der Waals surface area contributed by atoms with Gasteiger partial charge in [-0.3, -0.25) is 0 Å². The maximum atomic E-state index is 13.0. The van der Waals surface area contributed by atoms with Crippen LogP contribution in [0.25, 0.3) is 16.6 Å². The number of ether oxygens (including phenoxy) is 2. The van der Waals surface area contributed by atoms with E-state index in [1.165, 1.54) is 0 Å². The number of para-hydroxylation sites is 1. The zero-order chi connectivity index (χ0) is 21.5. The van der Waals surface area contributed by atoms with Gasteiger partial charge in [0.25, 0.3) is 0 Å². The maximum absolute atomic E-state index is 13.0. The van der Waals surface area contributed by atoms with Crippen molar-refractivity contribution >= 4 is 22.6 Å². The van der Waals surface area contributed by atoms with E-state index < -0.39 is 0 Å². The van der Waals surface area contributed by atoms with Gasteiger partial charge in [0, 0.05) is 31.6 Å². The van der Waals surface area contributed by atoms with Crippen LogP contribution < -0.4 is 9.47 Å². The normalized spacial score (nSPS) is 12.5. The van der Waals surface area contributed by atoms with Gasteiger partial charge in [0.05, 0.1) is 12.1 Å². The summed E-state index contributed by atoms with van der Waals surface area (Å²) in [4.78, 5) is 16.3. The number of carbonyl (C=O) groups excluding carboxylic acids is 1.